The van der Waals surface area contributed by atoms with E-state index in [-0.39, 0.29) is 5.75 Å². The molecule has 0 aliphatic rings. The third-order valence-electron chi connectivity index (χ3n) is 3.05. The highest BCUT2D eigenvalue weighted by molar-refractivity contribution is 8.00. The number of anilines is 1. The van der Waals surface area contributed by atoms with Crippen LogP contribution in [0.5, 0.6) is 5.75 Å². The Morgan fingerprint density at radius 2 is 2.14 bits per heavy atom. The molecule has 0 fully saturated rings. The van der Waals surface area contributed by atoms with Crippen LogP contribution in [-0.2, 0) is 6.54 Å². The van der Waals surface area contributed by atoms with Crippen LogP contribution in [0.3, 0.4) is 0 Å². The van der Waals surface area contributed by atoms with Gasteiger partial charge < -0.3 is 10.4 Å². The Balaban J connectivity index is 1.76. The largest absolute Gasteiger partial charge is 0.505 e. The number of aromatic hydroxyl groups is 1. The summed E-state index contributed by atoms with van der Waals surface area (Å²) in [5.74, 6) is -0.925. The van der Waals surface area contributed by atoms with Crippen LogP contribution in [0.2, 0.25) is 0 Å². The number of benzene rings is 2. The van der Waals surface area contributed by atoms with E-state index in [0.717, 1.165) is 25.8 Å². The zero-order chi connectivity index (χ0) is 14.8. The Hall–Kier alpha value is -1.79. The van der Waals surface area contributed by atoms with Crippen LogP contribution < -0.4 is 5.32 Å². The number of thioether (sulfide) groups is 1. The van der Waals surface area contributed by atoms with Crippen molar-refractivity contribution in [3.05, 3.63) is 47.8 Å². The lowest BCUT2D eigenvalue weighted by Gasteiger charge is -2.07. The number of aromatic nitrogens is 1. The maximum Gasteiger partial charge on any atom is 0.165 e. The van der Waals surface area contributed by atoms with E-state index in [0.29, 0.717) is 6.54 Å². The van der Waals surface area contributed by atoms with Crippen molar-refractivity contribution in [2.45, 2.75) is 10.9 Å². The molecular weight excluding hydrogens is 307 g/mol. The molecule has 2 N–H and O–H groups in total. The molecule has 0 bridgehead atoms. The number of nitrogens with one attached hydrogen (secondary N) is 1. The van der Waals surface area contributed by atoms with Gasteiger partial charge in [0.15, 0.2) is 15.9 Å². The van der Waals surface area contributed by atoms with E-state index in [9.17, 15) is 9.50 Å². The summed E-state index contributed by atoms with van der Waals surface area (Å²) in [7, 11) is 0. The summed E-state index contributed by atoms with van der Waals surface area (Å²) in [4.78, 5) is 4.49. The first-order chi connectivity index (χ1) is 10.2. The van der Waals surface area contributed by atoms with Gasteiger partial charge in [-0.25, -0.2) is 9.37 Å². The number of fused-ring (bicyclic) bond motifs is 1. The number of halogens is 1. The third-order valence-corrected chi connectivity index (χ3v) is 5.06. The van der Waals surface area contributed by atoms with Gasteiger partial charge in [0, 0.05) is 12.2 Å². The van der Waals surface area contributed by atoms with Crippen LogP contribution in [0.15, 0.2) is 40.7 Å². The molecule has 21 heavy (non-hydrogen) atoms. The summed E-state index contributed by atoms with van der Waals surface area (Å²) < 4.78 is 15.4. The van der Waals surface area contributed by atoms with E-state index < -0.39 is 5.82 Å². The average molecular weight is 320 g/mol. The van der Waals surface area contributed by atoms with Crippen molar-refractivity contribution in [2.75, 3.05) is 11.6 Å². The lowest BCUT2D eigenvalue weighted by Crippen LogP contribution is -1.99. The summed E-state index contributed by atoms with van der Waals surface area (Å²) in [6.45, 7) is 0.497. The van der Waals surface area contributed by atoms with E-state index in [4.69, 9.17) is 0 Å². The number of rotatable bonds is 4. The summed E-state index contributed by atoms with van der Waals surface area (Å²) >= 11 is 3.29. The number of thiazole rings is 1. The van der Waals surface area contributed by atoms with Gasteiger partial charge in [-0.05, 0) is 42.2 Å². The molecule has 0 saturated heterocycles. The van der Waals surface area contributed by atoms with Gasteiger partial charge in [0.25, 0.3) is 0 Å². The van der Waals surface area contributed by atoms with Gasteiger partial charge in [0.1, 0.15) is 0 Å². The fourth-order valence-electron chi connectivity index (χ4n) is 1.97. The highest BCUT2D eigenvalue weighted by atomic mass is 32.2. The Bertz CT molecular complexity index is 788. The lowest BCUT2D eigenvalue weighted by atomic mass is 10.2. The van der Waals surface area contributed by atoms with Crippen molar-refractivity contribution in [3.63, 3.8) is 0 Å². The molecule has 0 amide bonds. The molecule has 0 saturated carbocycles. The van der Waals surface area contributed by atoms with Gasteiger partial charge in [-0.1, -0.05) is 17.8 Å². The lowest BCUT2D eigenvalue weighted by molar-refractivity contribution is 0.432. The minimum Gasteiger partial charge on any atom is -0.505 e. The minimum atomic E-state index is -0.600. The molecule has 1 heterocycles. The molecule has 3 nitrogen and oxygen atoms in total. The molecule has 0 radical (unpaired) electrons. The fourth-order valence-corrected chi connectivity index (χ4v) is 3.49. The van der Waals surface area contributed by atoms with Crippen LogP contribution in [0.4, 0.5) is 10.1 Å². The van der Waals surface area contributed by atoms with Gasteiger partial charge in [-0.15, -0.1) is 11.3 Å². The van der Waals surface area contributed by atoms with Crippen molar-refractivity contribution >= 4 is 39.0 Å². The molecule has 3 aromatic rings. The van der Waals surface area contributed by atoms with Gasteiger partial charge in [-0.3, -0.25) is 0 Å². The van der Waals surface area contributed by atoms with Crippen molar-refractivity contribution in [3.8, 4) is 5.75 Å². The number of phenolic OH excluding ortho intramolecular Hbond substituents is 1. The quantitative estimate of drug-likeness (QED) is 0.696. The standard InChI is InChI=1S/C15H13FN2OS2/c1-20-15-18-12-4-3-10(7-14(12)21-15)17-8-9-2-5-13(19)11(16)6-9/h2-7,17,19H,8H2,1H3. The van der Waals surface area contributed by atoms with Crippen LogP contribution in [-0.4, -0.2) is 16.3 Å². The van der Waals surface area contributed by atoms with Gasteiger partial charge in [0.05, 0.1) is 10.2 Å². The second-order valence-electron chi connectivity index (χ2n) is 4.51. The average Bonchev–Trinajstić information content (AvgIpc) is 2.90. The van der Waals surface area contributed by atoms with E-state index >= 15 is 0 Å². The molecule has 0 aliphatic heterocycles. The number of nitrogens with zero attached hydrogens (tertiary/aromatic N) is 1. The summed E-state index contributed by atoms with van der Waals surface area (Å²) in [5.41, 5.74) is 2.73. The van der Waals surface area contributed by atoms with Crippen LogP contribution >= 0.6 is 23.1 Å². The predicted molar refractivity (Wildman–Crippen MR) is 86.8 cm³/mol. The van der Waals surface area contributed by atoms with Crippen molar-refractivity contribution in [1.29, 1.82) is 0 Å². The van der Waals surface area contributed by atoms with E-state index in [2.05, 4.69) is 10.3 Å². The number of phenols is 1. The molecule has 1 aromatic heterocycles. The molecular formula is C15H13FN2OS2. The van der Waals surface area contributed by atoms with Crippen molar-refractivity contribution < 1.29 is 9.50 Å². The second kappa shape index (κ2) is 5.91. The van der Waals surface area contributed by atoms with E-state index in [1.165, 1.54) is 12.1 Å². The first kappa shape index (κ1) is 14.2. The molecule has 0 atom stereocenters. The zero-order valence-electron chi connectivity index (χ0n) is 11.3. The summed E-state index contributed by atoms with van der Waals surface area (Å²) in [5, 5.41) is 12.4. The van der Waals surface area contributed by atoms with E-state index in [1.807, 2.05) is 24.5 Å². The highest BCUT2D eigenvalue weighted by Crippen LogP contribution is 2.30. The minimum absolute atomic E-state index is 0.325. The molecule has 108 valence electrons. The first-order valence-electron chi connectivity index (χ1n) is 6.31. The molecule has 3 rings (SSSR count). The van der Waals surface area contributed by atoms with E-state index in [1.54, 1.807) is 29.2 Å². The highest BCUT2D eigenvalue weighted by Gasteiger charge is 2.05. The summed E-state index contributed by atoms with van der Waals surface area (Å²) in [6, 6.07) is 10.4. The van der Waals surface area contributed by atoms with Gasteiger partial charge >= 0.3 is 0 Å². The molecule has 0 spiro atoms. The molecule has 0 unspecified atom stereocenters. The van der Waals surface area contributed by atoms with Gasteiger partial charge in [0.2, 0.25) is 0 Å². The van der Waals surface area contributed by atoms with Crippen molar-refractivity contribution in [2.24, 2.45) is 0 Å². The smallest absolute Gasteiger partial charge is 0.165 e. The topological polar surface area (TPSA) is 45.2 Å². The predicted octanol–water partition coefficient (Wildman–Crippen LogP) is 4.48. The first-order valence-corrected chi connectivity index (χ1v) is 8.35. The fraction of sp³-hybridized carbons (Fsp3) is 0.133. The van der Waals surface area contributed by atoms with Gasteiger partial charge in [-0.2, -0.15) is 0 Å². The second-order valence-corrected chi connectivity index (χ2v) is 6.59. The summed E-state index contributed by atoms with van der Waals surface area (Å²) in [6.07, 6.45) is 2.01. The number of hydrogen-bond donors (Lipinski definition) is 2. The monoisotopic (exact) mass is 320 g/mol. The Morgan fingerprint density at radius 3 is 2.90 bits per heavy atom. The molecule has 6 heteroatoms. The maximum absolute atomic E-state index is 13.3. The normalized spacial score (nSPS) is 11.0. The van der Waals surface area contributed by atoms with Crippen LogP contribution in [0.25, 0.3) is 10.2 Å². The molecule has 2 aromatic carbocycles. The maximum atomic E-state index is 13.3. The van der Waals surface area contributed by atoms with Crippen LogP contribution in [0, 0.1) is 5.82 Å². The zero-order valence-corrected chi connectivity index (χ0v) is 12.9. The van der Waals surface area contributed by atoms with Crippen LogP contribution in [0.1, 0.15) is 5.56 Å². The Labute approximate surface area is 129 Å². The molecule has 0 aliphatic carbocycles. The third kappa shape index (κ3) is 3.11. The Kier molecular flexibility index (Phi) is 3.98. The Morgan fingerprint density at radius 1 is 1.29 bits per heavy atom. The SMILES string of the molecule is CSc1nc2ccc(NCc3ccc(O)c(F)c3)cc2s1. The van der Waals surface area contributed by atoms with Crippen molar-refractivity contribution in [1.82, 2.24) is 4.98 Å². The number of hydrogen-bond acceptors (Lipinski definition) is 5.